The van der Waals surface area contributed by atoms with Crippen molar-refractivity contribution in [3.63, 3.8) is 0 Å². The number of methoxy groups -OCH3 is 4. The quantitative estimate of drug-likeness (QED) is 0.0258. The van der Waals surface area contributed by atoms with Crippen LogP contribution in [0.5, 0.6) is 0 Å². The molecule has 4 aromatic rings. The number of esters is 4. The number of hydrogen-bond donors (Lipinski definition) is 6. The zero-order valence-electron chi connectivity index (χ0n) is 58.4. The number of hydrogen-bond acceptors (Lipinski definition) is 18. The standard InChI is InChI=1S/C18H28ClNO3.C17H27ClN2O3.C17H26ClNO4.C17H24ClNO3/c1-8-9-20-15-12(3)10-11(2)13(14(15)19)16(17(21)22-7)23-18(4,5)6;1-7-8-20-14-11(19)9-10(2)12(13(14)18)15(16(21)22-6)23-17(3,4)5;1-10-9-11(2)14(19-7-8-20)13(18)12(10)15(16(21)22-6)23-17(3,4)5;1-10-9-11-7-6-8-19-14(11)13(18)12(10)15(16(20)21-5)22-17(2,3)4/h10,16,20H,8-9H2,1-7H3;9,15,20H,7-8,19H2,1-6H3;9,15,19-20H,7-8H2,1-6H3;9,15,19H,6-8H2,1-5H3. The van der Waals surface area contributed by atoms with Crippen molar-refractivity contribution in [1.82, 2.24) is 0 Å². The number of aryl methyl sites for hydroxylation is 7. The van der Waals surface area contributed by atoms with Gasteiger partial charge in [0, 0.05) is 48.4 Å². The van der Waals surface area contributed by atoms with Crippen LogP contribution in [0.3, 0.4) is 0 Å². The van der Waals surface area contributed by atoms with Gasteiger partial charge in [-0.2, -0.15) is 0 Å². The molecule has 0 fully saturated rings. The second-order valence-electron chi connectivity index (χ2n) is 26.1. The molecule has 18 nitrogen and oxygen atoms in total. The van der Waals surface area contributed by atoms with Crippen LogP contribution >= 0.6 is 46.4 Å². The summed E-state index contributed by atoms with van der Waals surface area (Å²) in [5, 5.41) is 23.9. The number of benzene rings is 4. The molecule has 0 spiro atoms. The minimum atomic E-state index is -0.914. The van der Waals surface area contributed by atoms with Crippen molar-refractivity contribution < 1.29 is 62.2 Å². The van der Waals surface area contributed by atoms with Crippen LogP contribution in [0.25, 0.3) is 0 Å². The third kappa shape index (κ3) is 24.5. The van der Waals surface area contributed by atoms with E-state index in [1.54, 1.807) is 6.07 Å². The molecule has 512 valence electrons. The maximum Gasteiger partial charge on any atom is 0.339 e. The Labute approximate surface area is 562 Å². The molecule has 22 heteroatoms. The van der Waals surface area contributed by atoms with E-state index < -0.39 is 70.7 Å². The second-order valence-corrected chi connectivity index (χ2v) is 27.6. The van der Waals surface area contributed by atoms with E-state index in [2.05, 4.69) is 34.3 Å². The Balaban J connectivity index is 0.000000413. The topological polar surface area (TPSA) is 236 Å². The van der Waals surface area contributed by atoms with Gasteiger partial charge in [0.25, 0.3) is 0 Å². The van der Waals surface area contributed by atoms with Crippen LogP contribution in [0.15, 0.2) is 24.3 Å². The van der Waals surface area contributed by atoms with Gasteiger partial charge in [0.05, 0.1) is 106 Å². The molecule has 0 radical (unpaired) electrons. The van der Waals surface area contributed by atoms with E-state index in [9.17, 15) is 19.2 Å². The maximum atomic E-state index is 12.3. The first-order valence-corrected chi connectivity index (χ1v) is 32.2. The molecule has 0 saturated heterocycles. The highest BCUT2D eigenvalue weighted by Crippen LogP contribution is 2.44. The van der Waals surface area contributed by atoms with Crippen LogP contribution in [-0.4, -0.2) is 113 Å². The predicted molar refractivity (Wildman–Crippen MR) is 371 cm³/mol. The molecule has 0 bridgehead atoms. The average Bonchev–Trinajstić information content (AvgIpc) is 1.08. The van der Waals surface area contributed by atoms with E-state index in [0.29, 0.717) is 66.0 Å². The first-order chi connectivity index (χ1) is 42.1. The molecule has 7 N–H and O–H groups in total. The molecule has 0 saturated carbocycles. The Morgan fingerprint density at radius 2 is 0.780 bits per heavy atom. The minimum Gasteiger partial charge on any atom is -0.467 e. The fraction of sp³-hybridized carbons (Fsp3) is 0.594. The Morgan fingerprint density at radius 1 is 0.484 bits per heavy atom. The van der Waals surface area contributed by atoms with Crippen molar-refractivity contribution in [3.8, 4) is 0 Å². The van der Waals surface area contributed by atoms with Gasteiger partial charge in [0.15, 0.2) is 24.4 Å². The normalized spacial score (nSPS) is 13.5. The maximum absolute atomic E-state index is 12.3. The molecule has 1 heterocycles. The largest absolute Gasteiger partial charge is 0.467 e. The van der Waals surface area contributed by atoms with Crippen molar-refractivity contribution >= 4 is 98.7 Å². The van der Waals surface area contributed by atoms with Gasteiger partial charge in [0.1, 0.15) is 0 Å². The molecule has 1 aliphatic rings. The molecule has 4 unspecified atom stereocenters. The number of aliphatic hydroxyl groups is 1. The number of nitrogen functional groups attached to an aromatic ring is 1. The lowest BCUT2D eigenvalue weighted by atomic mass is 9.94. The van der Waals surface area contributed by atoms with E-state index in [1.165, 1.54) is 34.0 Å². The minimum absolute atomic E-state index is 0.0160. The third-order valence-corrected chi connectivity index (χ3v) is 15.2. The van der Waals surface area contributed by atoms with Crippen LogP contribution in [0.4, 0.5) is 28.4 Å². The number of carbonyl (C=O) groups excluding carboxylic acids is 4. The summed E-state index contributed by atoms with van der Waals surface area (Å²) in [7, 11) is 5.37. The van der Waals surface area contributed by atoms with Crippen LogP contribution in [0, 0.1) is 41.5 Å². The first kappa shape index (κ1) is 81.8. The van der Waals surface area contributed by atoms with E-state index >= 15 is 0 Å². The fourth-order valence-electron chi connectivity index (χ4n) is 9.79. The Kier molecular flexibility index (Phi) is 32.7. The smallest absolute Gasteiger partial charge is 0.339 e. The van der Waals surface area contributed by atoms with Crippen molar-refractivity contribution in [2.24, 2.45) is 0 Å². The van der Waals surface area contributed by atoms with Crippen LogP contribution in [-0.2, 0) is 63.5 Å². The molecule has 91 heavy (non-hydrogen) atoms. The van der Waals surface area contributed by atoms with E-state index in [0.717, 1.165) is 90.1 Å². The molecule has 4 aromatic carbocycles. The zero-order chi connectivity index (χ0) is 69.8. The number of fused-ring (bicyclic) bond motifs is 1. The van der Waals surface area contributed by atoms with Gasteiger partial charge in [-0.05, 0) is 195 Å². The second kappa shape index (κ2) is 36.4. The highest BCUT2D eigenvalue weighted by molar-refractivity contribution is 6.36. The highest BCUT2D eigenvalue weighted by Gasteiger charge is 2.37. The lowest BCUT2D eigenvalue weighted by Crippen LogP contribution is -2.29. The van der Waals surface area contributed by atoms with Crippen LogP contribution < -0.4 is 27.0 Å². The van der Waals surface area contributed by atoms with Gasteiger partial charge in [-0.1, -0.05) is 78.5 Å². The van der Waals surface area contributed by atoms with Crippen LogP contribution in [0.2, 0.25) is 20.1 Å². The lowest BCUT2D eigenvalue weighted by Gasteiger charge is -2.30. The molecule has 0 aliphatic carbocycles. The molecule has 0 amide bonds. The fourth-order valence-corrected chi connectivity index (χ4v) is 11.6. The van der Waals surface area contributed by atoms with E-state index in [-0.39, 0.29) is 6.61 Å². The Bertz CT molecular complexity index is 2850. The predicted octanol–water partition coefficient (Wildman–Crippen LogP) is 16.3. The van der Waals surface area contributed by atoms with Crippen molar-refractivity contribution in [3.05, 3.63) is 106 Å². The van der Waals surface area contributed by atoms with Gasteiger partial charge in [-0.15, -0.1) is 0 Å². The lowest BCUT2D eigenvalue weighted by molar-refractivity contribution is -0.164. The summed E-state index contributed by atoms with van der Waals surface area (Å²) in [6.07, 6.45) is 0.489. The molecule has 4 atom stereocenters. The van der Waals surface area contributed by atoms with Gasteiger partial charge in [-0.3, -0.25) is 0 Å². The number of rotatable bonds is 21. The summed E-state index contributed by atoms with van der Waals surface area (Å²) < 4.78 is 43.3. The number of halogens is 4. The number of carbonyl (C=O) groups is 4. The SMILES string of the molecule is CCCNc1c(C)cc(C)c(C(OC(C)(C)C)C(=O)OC)c1Cl.CCCNc1c(N)cc(C)c(C(OC(C)(C)C)C(=O)OC)c1Cl.COC(=O)C(OC(C)(C)C)c1c(C)cc(C)c(NCCO)c1Cl.COC(=O)C(OC(C)(C)C)c1c(C)cc2c(c1Cl)NCCC2. The highest BCUT2D eigenvalue weighted by atomic mass is 35.5. The molecular formula is C69H105Cl4N5O13. The summed E-state index contributed by atoms with van der Waals surface area (Å²) in [4.78, 5) is 49.0. The summed E-state index contributed by atoms with van der Waals surface area (Å²) in [5.74, 6) is -1.87. The number of anilines is 5. The number of nitrogens with one attached hydrogen (secondary N) is 4. The van der Waals surface area contributed by atoms with Crippen molar-refractivity contribution in [1.29, 1.82) is 0 Å². The van der Waals surface area contributed by atoms with Gasteiger partial charge in [-0.25, -0.2) is 19.2 Å². The van der Waals surface area contributed by atoms with Crippen molar-refractivity contribution in [2.45, 2.75) is 211 Å². The summed E-state index contributed by atoms with van der Waals surface area (Å²) in [6, 6.07) is 7.83. The third-order valence-electron chi connectivity index (χ3n) is 13.6. The van der Waals surface area contributed by atoms with E-state index in [1.807, 2.05) is 144 Å². The van der Waals surface area contributed by atoms with Crippen molar-refractivity contribution in [2.75, 3.05) is 88.2 Å². The molecule has 1 aliphatic heterocycles. The average molecular weight is 1350 g/mol. The number of nitrogens with two attached hydrogens (primary N) is 1. The molecule has 5 rings (SSSR count). The first-order valence-electron chi connectivity index (χ1n) is 30.7. The molecular weight excluding hydrogens is 1250 g/mol. The summed E-state index contributed by atoms with van der Waals surface area (Å²) in [6.45, 7) is 41.1. The van der Waals surface area contributed by atoms with E-state index in [4.69, 9.17) is 95.1 Å². The zero-order valence-corrected chi connectivity index (χ0v) is 61.4. The summed E-state index contributed by atoms with van der Waals surface area (Å²) in [5.41, 5.74) is 16.8. The van der Waals surface area contributed by atoms with Crippen LogP contribution in [0.1, 0.15) is 202 Å². The number of aliphatic hydroxyl groups excluding tert-OH is 1. The Morgan fingerprint density at radius 3 is 1.10 bits per heavy atom. The Hall–Kier alpha value is -5.28. The number of ether oxygens (including phenoxy) is 8. The van der Waals surface area contributed by atoms with Gasteiger partial charge in [0.2, 0.25) is 0 Å². The molecule has 0 aromatic heterocycles. The summed E-state index contributed by atoms with van der Waals surface area (Å²) >= 11 is 26.3. The monoisotopic (exact) mass is 1350 g/mol. The van der Waals surface area contributed by atoms with Gasteiger partial charge < -0.3 is 70.0 Å². The van der Waals surface area contributed by atoms with Gasteiger partial charge >= 0.3 is 23.9 Å².